The highest BCUT2D eigenvalue weighted by atomic mass is 16.7. The number of rotatable bonds is 4. The predicted octanol–water partition coefficient (Wildman–Crippen LogP) is 1.62. The SMILES string of the molecule is CN(CCc1ccccc1)C(=O)On1c(O)ccc1O. The van der Waals surface area contributed by atoms with Crippen LogP contribution in [-0.2, 0) is 6.42 Å². The number of aromatic nitrogens is 1. The zero-order chi connectivity index (χ0) is 14.5. The molecule has 0 spiro atoms. The van der Waals surface area contributed by atoms with Gasteiger partial charge in [0.1, 0.15) is 0 Å². The van der Waals surface area contributed by atoms with Crippen LogP contribution in [0.15, 0.2) is 42.5 Å². The van der Waals surface area contributed by atoms with Crippen LogP contribution in [0.1, 0.15) is 5.56 Å². The lowest BCUT2D eigenvalue weighted by Gasteiger charge is -2.17. The third-order valence-corrected chi connectivity index (χ3v) is 2.86. The summed E-state index contributed by atoms with van der Waals surface area (Å²) in [5, 5.41) is 18.8. The molecule has 0 saturated heterocycles. The Hall–Kier alpha value is -2.63. The van der Waals surface area contributed by atoms with E-state index >= 15 is 0 Å². The maximum absolute atomic E-state index is 11.8. The molecule has 0 radical (unpaired) electrons. The fourth-order valence-electron chi connectivity index (χ4n) is 1.68. The number of amides is 1. The van der Waals surface area contributed by atoms with E-state index in [1.165, 1.54) is 17.0 Å². The smallest absolute Gasteiger partial charge is 0.434 e. The molecular weight excluding hydrogens is 260 g/mol. The molecule has 0 atom stereocenters. The number of hydrogen-bond donors (Lipinski definition) is 2. The Bertz CT molecular complexity index is 561. The summed E-state index contributed by atoms with van der Waals surface area (Å²) < 4.78 is 0.668. The van der Waals surface area contributed by atoms with Crippen LogP contribution in [0.3, 0.4) is 0 Å². The first-order valence-electron chi connectivity index (χ1n) is 6.15. The van der Waals surface area contributed by atoms with Crippen LogP contribution in [-0.4, -0.2) is 39.5 Å². The summed E-state index contributed by atoms with van der Waals surface area (Å²) in [5.41, 5.74) is 1.11. The quantitative estimate of drug-likeness (QED) is 0.890. The highest BCUT2D eigenvalue weighted by Crippen LogP contribution is 2.18. The molecule has 0 aliphatic carbocycles. The molecule has 1 heterocycles. The zero-order valence-electron chi connectivity index (χ0n) is 11.1. The third kappa shape index (κ3) is 3.23. The van der Waals surface area contributed by atoms with Crippen molar-refractivity contribution in [3.8, 4) is 11.8 Å². The summed E-state index contributed by atoms with van der Waals surface area (Å²) in [5.74, 6) is -0.681. The van der Waals surface area contributed by atoms with Gasteiger partial charge in [0.05, 0.1) is 0 Å². The molecule has 2 aromatic rings. The van der Waals surface area contributed by atoms with Gasteiger partial charge >= 0.3 is 6.09 Å². The molecule has 2 rings (SSSR count). The summed E-state index contributed by atoms with van der Waals surface area (Å²) in [6.45, 7) is 0.464. The zero-order valence-corrected chi connectivity index (χ0v) is 11.1. The van der Waals surface area contributed by atoms with Crippen molar-refractivity contribution in [1.29, 1.82) is 0 Å². The molecule has 1 aromatic carbocycles. The number of nitrogens with zero attached hydrogens (tertiary/aromatic N) is 2. The first-order chi connectivity index (χ1) is 9.58. The van der Waals surface area contributed by atoms with E-state index in [4.69, 9.17) is 4.84 Å². The number of carbonyl (C=O) groups excluding carboxylic acids is 1. The minimum absolute atomic E-state index is 0.340. The second kappa shape index (κ2) is 6.01. The molecule has 0 aliphatic heterocycles. The average molecular weight is 276 g/mol. The topological polar surface area (TPSA) is 74.9 Å². The Labute approximate surface area is 116 Å². The van der Waals surface area contributed by atoms with Gasteiger partial charge in [-0.15, -0.1) is 4.73 Å². The number of likely N-dealkylation sites (N-methyl/N-ethyl adjacent to an activating group) is 1. The molecule has 0 saturated carbocycles. The van der Waals surface area contributed by atoms with Gasteiger partial charge in [-0.05, 0) is 12.0 Å². The third-order valence-electron chi connectivity index (χ3n) is 2.86. The molecule has 6 nitrogen and oxygen atoms in total. The second-order valence-corrected chi connectivity index (χ2v) is 4.36. The van der Waals surface area contributed by atoms with Gasteiger partial charge in [0.2, 0.25) is 11.8 Å². The van der Waals surface area contributed by atoms with Crippen LogP contribution >= 0.6 is 0 Å². The van der Waals surface area contributed by atoms with Gasteiger partial charge < -0.3 is 20.0 Å². The van der Waals surface area contributed by atoms with E-state index in [1.54, 1.807) is 7.05 Å². The van der Waals surface area contributed by atoms with Crippen LogP contribution in [0.2, 0.25) is 0 Å². The van der Waals surface area contributed by atoms with E-state index in [1.807, 2.05) is 30.3 Å². The van der Waals surface area contributed by atoms with Crippen LogP contribution in [0.5, 0.6) is 11.8 Å². The molecule has 1 amide bonds. The van der Waals surface area contributed by atoms with E-state index in [0.717, 1.165) is 5.56 Å². The lowest BCUT2D eigenvalue weighted by molar-refractivity contribution is 0.0812. The second-order valence-electron chi connectivity index (χ2n) is 4.36. The molecule has 2 N–H and O–H groups in total. The van der Waals surface area contributed by atoms with Gasteiger partial charge in [0.15, 0.2) is 0 Å². The minimum Gasteiger partial charge on any atom is -0.492 e. The van der Waals surface area contributed by atoms with Crippen molar-refractivity contribution >= 4 is 6.09 Å². The van der Waals surface area contributed by atoms with Crippen molar-refractivity contribution in [3.05, 3.63) is 48.0 Å². The van der Waals surface area contributed by atoms with Crippen molar-refractivity contribution < 1.29 is 19.8 Å². The number of carbonyl (C=O) groups is 1. The van der Waals surface area contributed by atoms with Crippen LogP contribution in [0.25, 0.3) is 0 Å². The summed E-state index contributed by atoms with van der Waals surface area (Å²) >= 11 is 0. The normalized spacial score (nSPS) is 10.2. The van der Waals surface area contributed by atoms with E-state index in [9.17, 15) is 15.0 Å². The predicted molar refractivity (Wildman–Crippen MR) is 72.5 cm³/mol. The summed E-state index contributed by atoms with van der Waals surface area (Å²) in [4.78, 5) is 18.0. The van der Waals surface area contributed by atoms with E-state index in [0.29, 0.717) is 17.7 Å². The Morgan fingerprint density at radius 1 is 1.15 bits per heavy atom. The van der Waals surface area contributed by atoms with E-state index < -0.39 is 6.09 Å². The summed E-state index contributed by atoms with van der Waals surface area (Å²) in [6.07, 6.45) is 0.0264. The van der Waals surface area contributed by atoms with Crippen LogP contribution < -0.4 is 4.84 Å². The van der Waals surface area contributed by atoms with Gasteiger partial charge in [-0.2, -0.15) is 0 Å². The molecule has 0 aliphatic rings. The molecule has 20 heavy (non-hydrogen) atoms. The molecule has 6 heteroatoms. The van der Waals surface area contributed by atoms with Crippen molar-refractivity contribution in [2.75, 3.05) is 13.6 Å². The fraction of sp³-hybridized carbons (Fsp3) is 0.214. The lowest BCUT2D eigenvalue weighted by atomic mass is 10.1. The van der Waals surface area contributed by atoms with E-state index in [2.05, 4.69) is 0 Å². The summed E-state index contributed by atoms with van der Waals surface area (Å²) in [6, 6.07) is 12.2. The van der Waals surface area contributed by atoms with Crippen LogP contribution in [0.4, 0.5) is 4.79 Å². The van der Waals surface area contributed by atoms with Crippen molar-refractivity contribution in [2.45, 2.75) is 6.42 Å². The number of benzene rings is 1. The Morgan fingerprint density at radius 2 is 1.75 bits per heavy atom. The highest BCUT2D eigenvalue weighted by Gasteiger charge is 2.15. The van der Waals surface area contributed by atoms with Crippen molar-refractivity contribution in [3.63, 3.8) is 0 Å². The Kier molecular flexibility index (Phi) is 4.14. The lowest BCUT2D eigenvalue weighted by Crippen LogP contribution is -2.35. The largest absolute Gasteiger partial charge is 0.492 e. The van der Waals surface area contributed by atoms with Crippen molar-refractivity contribution in [1.82, 2.24) is 9.63 Å². The standard InChI is InChI=1S/C14H16N2O4/c1-15(10-9-11-5-3-2-4-6-11)14(19)20-16-12(17)7-8-13(16)18/h2-8,17-18H,9-10H2,1H3. The van der Waals surface area contributed by atoms with Gasteiger partial charge in [0.25, 0.3) is 0 Å². The molecule has 106 valence electrons. The maximum Gasteiger partial charge on any atom is 0.434 e. The first kappa shape index (κ1) is 13.8. The molecule has 0 unspecified atom stereocenters. The van der Waals surface area contributed by atoms with Gasteiger partial charge in [-0.3, -0.25) is 0 Å². The van der Waals surface area contributed by atoms with Crippen molar-refractivity contribution in [2.24, 2.45) is 0 Å². The van der Waals surface area contributed by atoms with Gasteiger partial charge in [-0.1, -0.05) is 30.3 Å². The van der Waals surface area contributed by atoms with Crippen LogP contribution in [0, 0.1) is 0 Å². The molecule has 0 bridgehead atoms. The molecule has 1 aromatic heterocycles. The number of hydrogen-bond acceptors (Lipinski definition) is 4. The van der Waals surface area contributed by atoms with Gasteiger partial charge in [0, 0.05) is 25.7 Å². The summed E-state index contributed by atoms with van der Waals surface area (Å²) in [7, 11) is 1.59. The minimum atomic E-state index is -0.664. The highest BCUT2D eigenvalue weighted by molar-refractivity contribution is 5.67. The monoisotopic (exact) mass is 276 g/mol. The molecule has 0 fully saturated rings. The fourth-order valence-corrected chi connectivity index (χ4v) is 1.68. The maximum atomic E-state index is 11.8. The van der Waals surface area contributed by atoms with Gasteiger partial charge in [-0.25, -0.2) is 4.79 Å². The Balaban J connectivity index is 1.89. The first-order valence-corrected chi connectivity index (χ1v) is 6.15. The Morgan fingerprint density at radius 3 is 2.35 bits per heavy atom. The number of aromatic hydroxyl groups is 2. The average Bonchev–Trinajstić information content (AvgIpc) is 2.77. The van der Waals surface area contributed by atoms with E-state index in [-0.39, 0.29) is 11.8 Å². The molecular formula is C14H16N2O4.